The first-order chi connectivity index (χ1) is 21.8. The maximum Gasteiger partial charge on any atom is 0.471 e. The third-order valence-electron chi connectivity index (χ3n) is 7.98. The van der Waals surface area contributed by atoms with Gasteiger partial charge in [-0.25, -0.2) is 0 Å². The molecule has 14 heteroatoms. The first-order valence-corrected chi connectivity index (χ1v) is 15.2. The van der Waals surface area contributed by atoms with Crippen LogP contribution in [-0.2, 0) is 23.2 Å². The Hall–Kier alpha value is -4.43. The summed E-state index contributed by atoms with van der Waals surface area (Å²) in [7, 11) is 4.65. The fraction of sp³-hybridized carbons (Fsp3) is 0.312. The largest absolute Gasteiger partial charge is 0.496 e. The minimum atomic E-state index is -5.28. The van der Waals surface area contributed by atoms with E-state index < -0.39 is 49.1 Å². The first kappa shape index (κ1) is 32.9. The number of hydrogen-bond acceptors (Lipinski definition) is 6. The SMILES string of the molecule is CN[C@@H](C)CN(C(=O)C(F)(F)F)[C@H]1CN(C(=O)c2ccn(C)n2)c2ccccc2N(Cc2c(OC)ccc3cc(Br)ccc23)C1=O. The average Bonchev–Trinajstić information content (AvgIpc) is 3.43. The molecule has 46 heavy (non-hydrogen) atoms. The summed E-state index contributed by atoms with van der Waals surface area (Å²) in [6.45, 7) is 0.475. The topological polar surface area (TPSA) is 100 Å². The second kappa shape index (κ2) is 13.1. The van der Waals surface area contributed by atoms with E-state index in [1.807, 2.05) is 24.3 Å². The van der Waals surface area contributed by atoms with Crippen molar-refractivity contribution in [3.8, 4) is 5.75 Å². The highest BCUT2D eigenvalue weighted by Crippen LogP contribution is 2.39. The summed E-state index contributed by atoms with van der Waals surface area (Å²) in [4.78, 5) is 44.8. The Morgan fingerprint density at radius 3 is 2.48 bits per heavy atom. The van der Waals surface area contributed by atoms with Gasteiger partial charge in [0.1, 0.15) is 11.8 Å². The Morgan fingerprint density at radius 1 is 1.13 bits per heavy atom. The van der Waals surface area contributed by atoms with Crippen molar-refractivity contribution in [2.75, 3.05) is 37.0 Å². The number of nitrogens with one attached hydrogen (secondary N) is 1. The van der Waals surface area contributed by atoms with Gasteiger partial charge in [-0.15, -0.1) is 0 Å². The van der Waals surface area contributed by atoms with E-state index in [1.165, 1.54) is 27.7 Å². The molecule has 1 aliphatic heterocycles. The number of carbonyl (C=O) groups is 3. The second-order valence-electron chi connectivity index (χ2n) is 11.0. The number of hydrogen-bond donors (Lipinski definition) is 1. The van der Waals surface area contributed by atoms with Crippen molar-refractivity contribution in [1.82, 2.24) is 20.0 Å². The Kier molecular flexibility index (Phi) is 9.40. The predicted octanol–water partition coefficient (Wildman–Crippen LogP) is 4.91. The van der Waals surface area contributed by atoms with Crippen LogP contribution in [0.3, 0.4) is 0 Å². The summed E-state index contributed by atoms with van der Waals surface area (Å²) >= 11 is 3.48. The lowest BCUT2D eigenvalue weighted by Crippen LogP contribution is -2.59. The molecule has 3 amide bonds. The monoisotopic (exact) mass is 700 g/mol. The fourth-order valence-electron chi connectivity index (χ4n) is 5.58. The normalized spacial score (nSPS) is 15.8. The highest BCUT2D eigenvalue weighted by Gasteiger charge is 2.49. The molecule has 0 saturated heterocycles. The zero-order valence-corrected chi connectivity index (χ0v) is 27.1. The smallest absolute Gasteiger partial charge is 0.471 e. The van der Waals surface area contributed by atoms with Crippen molar-refractivity contribution in [3.63, 3.8) is 0 Å². The Labute approximate surface area is 271 Å². The van der Waals surface area contributed by atoms with Gasteiger partial charge >= 0.3 is 12.1 Å². The molecule has 0 saturated carbocycles. The van der Waals surface area contributed by atoms with Gasteiger partial charge in [0.2, 0.25) is 0 Å². The maximum absolute atomic E-state index is 14.7. The summed E-state index contributed by atoms with van der Waals surface area (Å²) in [5.41, 5.74) is 1.17. The number of nitrogens with zero attached hydrogens (tertiary/aromatic N) is 5. The summed E-state index contributed by atoms with van der Waals surface area (Å²) in [5, 5.41) is 8.63. The third-order valence-corrected chi connectivity index (χ3v) is 8.47. The number of carbonyl (C=O) groups excluding carboxylic acids is 3. The average molecular weight is 702 g/mol. The molecule has 0 unspecified atom stereocenters. The van der Waals surface area contributed by atoms with E-state index >= 15 is 0 Å². The number of benzene rings is 3. The van der Waals surface area contributed by atoms with Crippen molar-refractivity contribution in [3.05, 3.63) is 82.6 Å². The number of halogens is 4. The fourth-order valence-corrected chi connectivity index (χ4v) is 5.96. The number of amides is 3. The number of aromatic nitrogens is 2. The number of rotatable bonds is 8. The highest BCUT2D eigenvalue weighted by molar-refractivity contribution is 9.10. The van der Waals surface area contributed by atoms with E-state index in [-0.39, 0.29) is 23.6 Å². The molecule has 2 atom stereocenters. The summed E-state index contributed by atoms with van der Waals surface area (Å²) < 4.78 is 50.3. The number of likely N-dealkylation sites (N-methyl/N-ethyl adjacent to an activating group) is 1. The molecule has 3 aromatic carbocycles. The second-order valence-corrected chi connectivity index (χ2v) is 11.9. The molecule has 1 aliphatic rings. The molecule has 1 aromatic heterocycles. The van der Waals surface area contributed by atoms with E-state index in [4.69, 9.17) is 4.74 Å². The molecule has 2 heterocycles. The number of ether oxygens (including phenoxy) is 1. The Bertz CT molecular complexity index is 1800. The van der Waals surface area contributed by atoms with Gasteiger partial charge in [-0.2, -0.15) is 18.3 Å². The van der Waals surface area contributed by atoms with Crippen LogP contribution < -0.4 is 19.9 Å². The maximum atomic E-state index is 14.7. The lowest BCUT2D eigenvalue weighted by atomic mass is 10.0. The highest BCUT2D eigenvalue weighted by atomic mass is 79.9. The Balaban J connectivity index is 1.73. The number of fused-ring (bicyclic) bond motifs is 2. The van der Waals surface area contributed by atoms with Gasteiger partial charge in [0, 0.05) is 35.9 Å². The number of anilines is 2. The van der Waals surface area contributed by atoms with Gasteiger partial charge in [-0.3, -0.25) is 19.1 Å². The van der Waals surface area contributed by atoms with Gasteiger partial charge in [0.15, 0.2) is 5.69 Å². The molecule has 0 spiro atoms. The van der Waals surface area contributed by atoms with Crippen LogP contribution in [0.1, 0.15) is 23.0 Å². The lowest BCUT2D eigenvalue weighted by Gasteiger charge is -2.35. The summed E-state index contributed by atoms with van der Waals surface area (Å²) in [5.74, 6) is -3.16. The van der Waals surface area contributed by atoms with Crippen molar-refractivity contribution >= 4 is 55.8 Å². The van der Waals surface area contributed by atoms with Crippen LogP contribution in [0.4, 0.5) is 24.5 Å². The molecule has 0 aliphatic carbocycles. The molecule has 0 fully saturated rings. The molecular weight excluding hydrogens is 669 g/mol. The molecule has 242 valence electrons. The van der Waals surface area contributed by atoms with Gasteiger partial charge in [0.05, 0.1) is 31.6 Å². The van der Waals surface area contributed by atoms with Gasteiger partial charge in [0.25, 0.3) is 11.8 Å². The van der Waals surface area contributed by atoms with Crippen LogP contribution in [0.25, 0.3) is 10.8 Å². The van der Waals surface area contributed by atoms with Gasteiger partial charge in [-0.05, 0) is 61.1 Å². The Morgan fingerprint density at radius 2 is 1.85 bits per heavy atom. The standard InChI is InChI=1S/C32H32BrF3N6O4/c1-19(37-2)16-42(31(45)32(34,35)36)27-18-41(29(43)24-13-14-39(3)38-24)26-8-6-5-7-25(26)40(30(27)44)17-23-22-11-10-21(33)15-20(22)9-12-28(23)46-4/h5-15,19,27,37H,16-18H2,1-4H3/t19-,27-/m0/s1. The van der Waals surface area contributed by atoms with Crippen LogP contribution in [-0.4, -0.2) is 77.9 Å². The molecule has 4 aromatic rings. The quantitative estimate of drug-likeness (QED) is 0.281. The molecule has 0 bridgehead atoms. The van der Waals surface area contributed by atoms with Crippen LogP contribution in [0.5, 0.6) is 5.75 Å². The van der Waals surface area contributed by atoms with E-state index in [2.05, 4.69) is 26.3 Å². The number of alkyl halides is 3. The van der Waals surface area contributed by atoms with E-state index in [1.54, 1.807) is 57.5 Å². The van der Waals surface area contributed by atoms with Gasteiger partial charge < -0.3 is 24.8 Å². The van der Waals surface area contributed by atoms with Crippen LogP contribution >= 0.6 is 15.9 Å². The molecular formula is C32H32BrF3N6O4. The minimum Gasteiger partial charge on any atom is -0.496 e. The van der Waals surface area contributed by atoms with Crippen molar-refractivity contribution in [2.24, 2.45) is 7.05 Å². The van der Waals surface area contributed by atoms with Crippen LogP contribution in [0, 0.1) is 0 Å². The van der Waals surface area contributed by atoms with E-state index in [0.29, 0.717) is 16.2 Å². The lowest BCUT2D eigenvalue weighted by molar-refractivity contribution is -0.188. The van der Waals surface area contributed by atoms with Crippen LogP contribution in [0.15, 0.2) is 71.3 Å². The summed E-state index contributed by atoms with van der Waals surface area (Å²) in [6, 6.07) is 14.9. The van der Waals surface area contributed by atoms with E-state index in [0.717, 1.165) is 15.2 Å². The zero-order valence-electron chi connectivity index (χ0n) is 25.5. The third kappa shape index (κ3) is 6.44. The molecule has 1 N–H and O–H groups in total. The minimum absolute atomic E-state index is 0.0237. The number of aryl methyl sites for hydroxylation is 1. The molecule has 10 nitrogen and oxygen atoms in total. The molecule has 0 radical (unpaired) electrons. The van der Waals surface area contributed by atoms with E-state index in [9.17, 15) is 27.6 Å². The zero-order chi connectivity index (χ0) is 33.3. The van der Waals surface area contributed by atoms with Crippen molar-refractivity contribution in [1.29, 1.82) is 0 Å². The molecule has 5 rings (SSSR count). The van der Waals surface area contributed by atoms with Crippen LogP contribution in [0.2, 0.25) is 0 Å². The van der Waals surface area contributed by atoms with Crippen molar-refractivity contribution < 1.29 is 32.3 Å². The van der Waals surface area contributed by atoms with Gasteiger partial charge in [-0.1, -0.05) is 40.2 Å². The number of methoxy groups -OCH3 is 1. The van der Waals surface area contributed by atoms with Crippen molar-refractivity contribution in [2.45, 2.75) is 31.7 Å². The summed E-state index contributed by atoms with van der Waals surface area (Å²) in [6.07, 6.45) is -3.72. The number of para-hydroxylation sites is 2. The first-order valence-electron chi connectivity index (χ1n) is 14.4. The predicted molar refractivity (Wildman–Crippen MR) is 171 cm³/mol.